The third kappa shape index (κ3) is 2.61. The number of benzene rings is 1. The summed E-state index contributed by atoms with van der Waals surface area (Å²) in [7, 11) is 0. The van der Waals surface area contributed by atoms with Crippen LogP contribution in [0.4, 0.5) is 10.1 Å². The highest BCUT2D eigenvalue weighted by Gasteiger charge is 2.21. The Labute approximate surface area is 105 Å². The van der Waals surface area contributed by atoms with Crippen molar-refractivity contribution in [3.05, 3.63) is 29.6 Å². The predicted octanol–water partition coefficient (Wildman–Crippen LogP) is 1.21. The molecule has 1 saturated heterocycles. The topological polar surface area (TPSA) is 52.6 Å². The van der Waals surface area contributed by atoms with Gasteiger partial charge in [0.2, 0.25) is 5.91 Å². The van der Waals surface area contributed by atoms with Crippen LogP contribution in [0, 0.1) is 5.82 Å². The molecule has 4 nitrogen and oxygen atoms in total. The first-order chi connectivity index (χ1) is 8.59. The van der Waals surface area contributed by atoms with Crippen molar-refractivity contribution in [3.8, 4) is 0 Å². The van der Waals surface area contributed by atoms with Gasteiger partial charge < -0.3 is 15.3 Å². The van der Waals surface area contributed by atoms with Gasteiger partial charge in [0.15, 0.2) is 0 Å². The van der Waals surface area contributed by atoms with Crippen molar-refractivity contribution < 1.29 is 14.3 Å². The number of nitrogens with one attached hydrogen (secondary N) is 1. The van der Waals surface area contributed by atoms with E-state index in [1.54, 1.807) is 19.1 Å². The van der Waals surface area contributed by atoms with Crippen molar-refractivity contribution in [1.82, 2.24) is 5.32 Å². The Morgan fingerprint density at radius 1 is 1.44 bits per heavy atom. The van der Waals surface area contributed by atoms with E-state index in [0.29, 0.717) is 37.3 Å². The Morgan fingerprint density at radius 2 is 2.22 bits per heavy atom. The van der Waals surface area contributed by atoms with Gasteiger partial charge in [-0.25, -0.2) is 4.39 Å². The van der Waals surface area contributed by atoms with Crippen molar-refractivity contribution in [2.75, 3.05) is 24.5 Å². The van der Waals surface area contributed by atoms with Crippen LogP contribution >= 0.6 is 0 Å². The number of para-hydroxylation sites is 1. The lowest BCUT2D eigenvalue weighted by atomic mass is 10.1. The van der Waals surface area contributed by atoms with Gasteiger partial charge in [0.25, 0.3) is 0 Å². The molecule has 0 unspecified atom stereocenters. The van der Waals surface area contributed by atoms with Crippen LogP contribution in [0.3, 0.4) is 0 Å². The molecule has 0 saturated carbocycles. The summed E-state index contributed by atoms with van der Waals surface area (Å²) in [5, 5.41) is 12.5. The summed E-state index contributed by atoms with van der Waals surface area (Å²) in [5.74, 6) is -0.379. The molecule has 98 valence electrons. The van der Waals surface area contributed by atoms with E-state index in [9.17, 15) is 14.3 Å². The third-order valence-electron chi connectivity index (χ3n) is 3.10. The Hall–Kier alpha value is -1.62. The maximum absolute atomic E-state index is 14.0. The molecule has 1 fully saturated rings. The first-order valence-corrected chi connectivity index (χ1v) is 6.07. The molecule has 0 spiro atoms. The van der Waals surface area contributed by atoms with Gasteiger partial charge >= 0.3 is 0 Å². The van der Waals surface area contributed by atoms with Gasteiger partial charge in [-0.15, -0.1) is 0 Å². The summed E-state index contributed by atoms with van der Waals surface area (Å²) in [6.45, 7) is 3.12. The van der Waals surface area contributed by atoms with E-state index in [-0.39, 0.29) is 11.7 Å². The second-order valence-corrected chi connectivity index (χ2v) is 4.44. The Kier molecular flexibility index (Phi) is 3.81. The van der Waals surface area contributed by atoms with Gasteiger partial charge in [-0.3, -0.25) is 4.79 Å². The summed E-state index contributed by atoms with van der Waals surface area (Å²) in [6.07, 6.45) is -0.393. The minimum Gasteiger partial charge on any atom is -0.389 e. The number of halogens is 1. The molecular weight excluding hydrogens is 235 g/mol. The van der Waals surface area contributed by atoms with Crippen molar-refractivity contribution >= 4 is 11.6 Å². The fraction of sp³-hybridized carbons (Fsp3) is 0.462. The summed E-state index contributed by atoms with van der Waals surface area (Å²) >= 11 is 0. The molecule has 1 atom stereocenters. The van der Waals surface area contributed by atoms with Gasteiger partial charge in [-0.2, -0.15) is 0 Å². The molecule has 1 aliphatic heterocycles. The maximum atomic E-state index is 14.0. The number of hydrogen-bond acceptors (Lipinski definition) is 3. The minimum atomic E-state index is -0.734. The fourth-order valence-electron chi connectivity index (χ4n) is 2.19. The van der Waals surface area contributed by atoms with Crippen LogP contribution in [-0.4, -0.2) is 30.6 Å². The molecule has 1 aliphatic rings. The van der Waals surface area contributed by atoms with E-state index >= 15 is 0 Å². The SMILES string of the molecule is C[C@H](O)c1cccc(F)c1N1CCNC(=O)CC1. The first-order valence-electron chi connectivity index (χ1n) is 6.07. The lowest BCUT2D eigenvalue weighted by Gasteiger charge is -2.26. The van der Waals surface area contributed by atoms with E-state index in [1.807, 2.05) is 4.90 Å². The molecule has 1 aromatic carbocycles. The monoisotopic (exact) mass is 252 g/mol. The highest BCUT2D eigenvalue weighted by Crippen LogP contribution is 2.29. The number of carbonyl (C=O) groups excluding carboxylic acids is 1. The number of aliphatic hydroxyl groups is 1. The highest BCUT2D eigenvalue weighted by molar-refractivity contribution is 5.77. The number of amides is 1. The third-order valence-corrected chi connectivity index (χ3v) is 3.10. The number of aliphatic hydroxyl groups excluding tert-OH is 1. The molecule has 0 aliphatic carbocycles. The lowest BCUT2D eigenvalue weighted by molar-refractivity contribution is -0.120. The molecule has 1 amide bonds. The maximum Gasteiger partial charge on any atom is 0.221 e. The number of carbonyl (C=O) groups is 1. The summed E-state index contributed by atoms with van der Waals surface area (Å²) < 4.78 is 14.0. The fourth-order valence-corrected chi connectivity index (χ4v) is 2.19. The summed E-state index contributed by atoms with van der Waals surface area (Å²) in [6, 6.07) is 4.67. The second-order valence-electron chi connectivity index (χ2n) is 4.44. The molecule has 0 bridgehead atoms. The van der Waals surface area contributed by atoms with E-state index in [4.69, 9.17) is 0 Å². The molecule has 1 aromatic rings. The minimum absolute atomic E-state index is 0.0209. The molecule has 2 N–H and O–H groups in total. The average Bonchev–Trinajstić information content (AvgIpc) is 2.53. The van der Waals surface area contributed by atoms with E-state index in [2.05, 4.69) is 5.32 Å². The van der Waals surface area contributed by atoms with Gasteiger partial charge in [0.1, 0.15) is 5.82 Å². The van der Waals surface area contributed by atoms with Gasteiger partial charge in [-0.05, 0) is 13.0 Å². The van der Waals surface area contributed by atoms with Crippen molar-refractivity contribution in [2.24, 2.45) is 0 Å². The highest BCUT2D eigenvalue weighted by atomic mass is 19.1. The zero-order chi connectivity index (χ0) is 13.1. The predicted molar refractivity (Wildman–Crippen MR) is 66.9 cm³/mol. The van der Waals surface area contributed by atoms with Gasteiger partial charge in [0.05, 0.1) is 11.8 Å². The standard InChI is InChI=1S/C13H17FN2O2/c1-9(17)10-3-2-4-11(14)13(10)16-7-5-12(18)15-6-8-16/h2-4,9,17H,5-8H2,1H3,(H,15,18)/t9-/m0/s1. The molecule has 5 heteroatoms. The number of rotatable bonds is 2. The summed E-state index contributed by atoms with van der Waals surface area (Å²) in [4.78, 5) is 13.1. The number of anilines is 1. The molecule has 0 radical (unpaired) electrons. The Bertz CT molecular complexity index is 449. The van der Waals surface area contributed by atoms with Crippen molar-refractivity contribution in [3.63, 3.8) is 0 Å². The molecule has 18 heavy (non-hydrogen) atoms. The van der Waals surface area contributed by atoms with Crippen LogP contribution in [0.5, 0.6) is 0 Å². The Morgan fingerprint density at radius 3 is 2.94 bits per heavy atom. The van der Waals surface area contributed by atoms with Crippen molar-refractivity contribution in [2.45, 2.75) is 19.4 Å². The molecule has 0 aromatic heterocycles. The number of hydrogen-bond donors (Lipinski definition) is 2. The van der Waals surface area contributed by atoms with Crippen LogP contribution in [0.1, 0.15) is 25.0 Å². The van der Waals surface area contributed by atoms with E-state index in [0.717, 1.165) is 0 Å². The lowest BCUT2D eigenvalue weighted by Crippen LogP contribution is -2.30. The van der Waals surface area contributed by atoms with Gasteiger partial charge in [-0.1, -0.05) is 12.1 Å². The Balaban J connectivity index is 2.34. The largest absolute Gasteiger partial charge is 0.389 e. The zero-order valence-corrected chi connectivity index (χ0v) is 10.3. The molecule has 1 heterocycles. The van der Waals surface area contributed by atoms with Crippen LogP contribution < -0.4 is 10.2 Å². The van der Waals surface area contributed by atoms with Gasteiger partial charge in [0, 0.05) is 31.6 Å². The average molecular weight is 252 g/mol. The van der Waals surface area contributed by atoms with Crippen LogP contribution in [0.2, 0.25) is 0 Å². The molecular formula is C13H17FN2O2. The quantitative estimate of drug-likeness (QED) is 0.831. The normalized spacial score (nSPS) is 18.2. The summed E-state index contributed by atoms with van der Waals surface area (Å²) in [5.41, 5.74) is 0.966. The zero-order valence-electron chi connectivity index (χ0n) is 10.3. The second kappa shape index (κ2) is 5.35. The van der Waals surface area contributed by atoms with Crippen LogP contribution in [0.15, 0.2) is 18.2 Å². The van der Waals surface area contributed by atoms with E-state index < -0.39 is 6.10 Å². The number of nitrogens with zero attached hydrogens (tertiary/aromatic N) is 1. The van der Waals surface area contributed by atoms with Crippen LogP contribution in [0.25, 0.3) is 0 Å². The first kappa shape index (κ1) is 12.8. The molecule has 2 rings (SSSR count). The smallest absolute Gasteiger partial charge is 0.221 e. The van der Waals surface area contributed by atoms with E-state index in [1.165, 1.54) is 6.07 Å². The van der Waals surface area contributed by atoms with Crippen molar-refractivity contribution in [1.29, 1.82) is 0 Å². The van der Waals surface area contributed by atoms with Crippen LogP contribution in [-0.2, 0) is 4.79 Å².